The largest absolute Gasteiger partial charge is 0.356 e. The lowest BCUT2D eigenvalue weighted by molar-refractivity contribution is 0.387. The molecule has 5 heteroatoms. The van der Waals surface area contributed by atoms with Crippen LogP contribution in [0.4, 0.5) is 0 Å². The highest BCUT2D eigenvalue weighted by atomic mass is 32.2. The van der Waals surface area contributed by atoms with Crippen LogP contribution in [0.5, 0.6) is 0 Å². The summed E-state index contributed by atoms with van der Waals surface area (Å²) in [7, 11) is -4.07. The highest BCUT2D eigenvalue weighted by molar-refractivity contribution is 7.99. The molecule has 2 N–H and O–H groups in total. The van der Waals surface area contributed by atoms with E-state index in [4.69, 9.17) is 9.79 Å². The minimum Gasteiger partial charge on any atom is -0.321 e. The standard InChI is InChI=1S/C8H11O3PS/c1-2-13-8-5-3-7(4-6-8)12(9,10)11/h3-6H,2H2,1H3,(H2,9,10,11). The third kappa shape index (κ3) is 3.16. The Balaban J connectivity index is 2.88. The van der Waals surface area contributed by atoms with Gasteiger partial charge >= 0.3 is 7.60 Å². The van der Waals surface area contributed by atoms with Crippen LogP contribution in [0.2, 0.25) is 0 Å². The molecule has 0 aliphatic heterocycles. The number of benzene rings is 1. The van der Waals surface area contributed by atoms with Crippen LogP contribution >= 0.6 is 19.4 Å². The molecular formula is C8H11O3PS. The van der Waals surface area contributed by atoms with Crippen LogP contribution in [-0.4, -0.2) is 15.5 Å². The van der Waals surface area contributed by atoms with Gasteiger partial charge in [-0.05, 0) is 30.0 Å². The van der Waals surface area contributed by atoms with E-state index in [1.807, 2.05) is 6.92 Å². The highest BCUT2D eigenvalue weighted by Crippen LogP contribution is 2.33. The molecule has 1 aromatic rings. The zero-order valence-electron chi connectivity index (χ0n) is 7.17. The molecule has 0 radical (unpaired) electrons. The molecule has 1 aromatic carbocycles. The van der Waals surface area contributed by atoms with Gasteiger partial charge in [0.1, 0.15) is 0 Å². The summed E-state index contributed by atoms with van der Waals surface area (Å²) in [6.45, 7) is 2.03. The fraction of sp³-hybridized carbons (Fsp3) is 0.250. The Hall–Kier alpha value is -0.280. The fourth-order valence-corrected chi connectivity index (χ4v) is 2.10. The van der Waals surface area contributed by atoms with Gasteiger partial charge in [0.05, 0.1) is 5.30 Å². The average Bonchev–Trinajstić information content (AvgIpc) is 2.04. The van der Waals surface area contributed by atoms with E-state index in [1.54, 1.807) is 23.9 Å². The van der Waals surface area contributed by atoms with Crippen LogP contribution in [0.25, 0.3) is 0 Å². The molecule has 0 unspecified atom stereocenters. The normalized spacial score (nSPS) is 11.6. The van der Waals surface area contributed by atoms with Crippen molar-refractivity contribution in [2.24, 2.45) is 0 Å². The summed E-state index contributed by atoms with van der Waals surface area (Å²) in [5.74, 6) is 0.954. The van der Waals surface area contributed by atoms with Crippen LogP contribution < -0.4 is 5.30 Å². The predicted octanol–water partition coefficient (Wildman–Crippen LogP) is 1.60. The fourth-order valence-electron chi connectivity index (χ4n) is 0.903. The maximum Gasteiger partial charge on any atom is 0.356 e. The van der Waals surface area contributed by atoms with E-state index in [9.17, 15) is 4.57 Å². The predicted molar refractivity (Wildman–Crippen MR) is 54.5 cm³/mol. The lowest BCUT2D eigenvalue weighted by atomic mass is 10.4. The van der Waals surface area contributed by atoms with Crippen molar-refractivity contribution in [2.75, 3.05) is 5.75 Å². The molecule has 0 fully saturated rings. The average molecular weight is 218 g/mol. The second-order valence-electron chi connectivity index (χ2n) is 2.47. The maximum atomic E-state index is 10.8. The second kappa shape index (κ2) is 4.29. The summed E-state index contributed by atoms with van der Waals surface area (Å²) in [6.07, 6.45) is 0. The molecule has 13 heavy (non-hydrogen) atoms. The smallest absolute Gasteiger partial charge is 0.321 e. The van der Waals surface area contributed by atoms with Crippen LogP contribution in [-0.2, 0) is 4.57 Å². The van der Waals surface area contributed by atoms with E-state index in [-0.39, 0.29) is 5.30 Å². The van der Waals surface area contributed by atoms with E-state index >= 15 is 0 Å². The number of hydrogen-bond donors (Lipinski definition) is 2. The Morgan fingerprint density at radius 2 is 1.85 bits per heavy atom. The molecule has 0 bridgehead atoms. The topological polar surface area (TPSA) is 57.5 Å². The molecule has 0 amide bonds. The van der Waals surface area contributed by atoms with Crippen LogP contribution in [0.1, 0.15) is 6.92 Å². The maximum absolute atomic E-state index is 10.8. The first-order valence-corrected chi connectivity index (χ1v) is 6.43. The van der Waals surface area contributed by atoms with Gasteiger partial charge in [0, 0.05) is 4.90 Å². The molecule has 0 aromatic heterocycles. The Morgan fingerprint density at radius 1 is 1.31 bits per heavy atom. The highest BCUT2D eigenvalue weighted by Gasteiger charge is 2.15. The van der Waals surface area contributed by atoms with E-state index < -0.39 is 7.60 Å². The molecule has 0 atom stereocenters. The van der Waals surface area contributed by atoms with Gasteiger partial charge in [0.25, 0.3) is 0 Å². The van der Waals surface area contributed by atoms with E-state index in [1.165, 1.54) is 12.1 Å². The van der Waals surface area contributed by atoms with Crippen molar-refractivity contribution in [3.8, 4) is 0 Å². The molecule has 0 aliphatic rings. The van der Waals surface area contributed by atoms with Crippen LogP contribution in [0.3, 0.4) is 0 Å². The zero-order chi connectivity index (χ0) is 9.90. The van der Waals surface area contributed by atoms with Gasteiger partial charge < -0.3 is 9.79 Å². The van der Waals surface area contributed by atoms with Crippen molar-refractivity contribution in [2.45, 2.75) is 11.8 Å². The van der Waals surface area contributed by atoms with E-state index in [0.29, 0.717) is 0 Å². The Morgan fingerprint density at radius 3 is 2.23 bits per heavy atom. The number of thioether (sulfide) groups is 1. The summed E-state index contributed by atoms with van der Waals surface area (Å²) in [5, 5.41) is 0.0768. The Labute approximate surface area is 81.3 Å². The quantitative estimate of drug-likeness (QED) is 0.597. The Bertz CT molecular complexity index is 317. The van der Waals surface area contributed by atoms with Gasteiger partial charge in [-0.3, -0.25) is 4.57 Å². The lowest BCUT2D eigenvalue weighted by Gasteiger charge is -2.04. The minimum atomic E-state index is -4.07. The van der Waals surface area contributed by atoms with E-state index in [2.05, 4.69) is 0 Å². The number of rotatable bonds is 3. The van der Waals surface area contributed by atoms with Crippen LogP contribution in [0, 0.1) is 0 Å². The van der Waals surface area contributed by atoms with Crippen molar-refractivity contribution < 1.29 is 14.4 Å². The van der Waals surface area contributed by atoms with Gasteiger partial charge in [0.2, 0.25) is 0 Å². The molecule has 0 saturated heterocycles. The summed E-state index contributed by atoms with van der Waals surface area (Å²) in [4.78, 5) is 18.7. The first-order valence-electron chi connectivity index (χ1n) is 3.83. The van der Waals surface area contributed by atoms with Gasteiger partial charge in [-0.1, -0.05) is 6.92 Å². The summed E-state index contributed by atoms with van der Waals surface area (Å²) in [5.41, 5.74) is 0. The van der Waals surface area contributed by atoms with Crippen LogP contribution in [0.15, 0.2) is 29.2 Å². The van der Waals surface area contributed by atoms with Crippen molar-refractivity contribution in [1.29, 1.82) is 0 Å². The van der Waals surface area contributed by atoms with Crippen molar-refractivity contribution in [3.05, 3.63) is 24.3 Å². The number of hydrogen-bond acceptors (Lipinski definition) is 2. The molecule has 0 aliphatic carbocycles. The van der Waals surface area contributed by atoms with Crippen molar-refractivity contribution in [1.82, 2.24) is 0 Å². The summed E-state index contributed by atoms with van der Waals surface area (Å²) >= 11 is 1.64. The van der Waals surface area contributed by atoms with Crippen molar-refractivity contribution >= 4 is 24.7 Å². The SMILES string of the molecule is CCSc1ccc(P(=O)(O)O)cc1. The first-order chi connectivity index (χ1) is 6.04. The Kier molecular flexibility index (Phi) is 3.56. The zero-order valence-corrected chi connectivity index (χ0v) is 8.89. The molecule has 0 heterocycles. The van der Waals surface area contributed by atoms with Gasteiger partial charge in [-0.25, -0.2) is 0 Å². The van der Waals surface area contributed by atoms with Gasteiger partial charge in [-0.2, -0.15) is 0 Å². The van der Waals surface area contributed by atoms with Gasteiger partial charge in [-0.15, -0.1) is 11.8 Å². The molecule has 0 spiro atoms. The third-order valence-electron chi connectivity index (χ3n) is 1.48. The first kappa shape index (κ1) is 10.8. The third-order valence-corrected chi connectivity index (χ3v) is 3.35. The lowest BCUT2D eigenvalue weighted by Crippen LogP contribution is -2.02. The summed E-state index contributed by atoms with van der Waals surface area (Å²) < 4.78 is 10.8. The van der Waals surface area contributed by atoms with Crippen molar-refractivity contribution in [3.63, 3.8) is 0 Å². The van der Waals surface area contributed by atoms with Gasteiger partial charge in [0.15, 0.2) is 0 Å². The molecule has 1 rings (SSSR count). The minimum absolute atomic E-state index is 0.0768. The van der Waals surface area contributed by atoms with E-state index in [0.717, 1.165) is 10.6 Å². The molecule has 3 nitrogen and oxygen atoms in total. The summed E-state index contributed by atoms with van der Waals surface area (Å²) in [6, 6.07) is 6.39. The molecule has 0 saturated carbocycles. The monoisotopic (exact) mass is 218 g/mol. The second-order valence-corrected chi connectivity index (χ2v) is 5.41. The molecule has 72 valence electrons. The molecular weight excluding hydrogens is 207 g/mol.